The van der Waals surface area contributed by atoms with Crippen molar-refractivity contribution in [2.24, 2.45) is 0 Å². The maximum absolute atomic E-state index is 12.5. The second-order valence-corrected chi connectivity index (χ2v) is 6.48. The maximum Gasteiger partial charge on any atom is 0.324 e. The first-order valence-corrected chi connectivity index (χ1v) is 9.02. The van der Waals surface area contributed by atoms with E-state index in [9.17, 15) is 14.4 Å². The van der Waals surface area contributed by atoms with Crippen LogP contribution in [0.3, 0.4) is 0 Å². The van der Waals surface area contributed by atoms with Crippen molar-refractivity contribution in [2.45, 2.75) is 25.3 Å². The molecule has 1 saturated heterocycles. The summed E-state index contributed by atoms with van der Waals surface area (Å²) in [5.74, 6) is -0.434. The first-order valence-electron chi connectivity index (χ1n) is 9.02. The standard InChI is InChI=1S/C19H24N4O4/c1-27-11-9-20-17(24)7-6-16-18(25)23(19(26)22-16)10-8-13-12-21-15-5-3-2-4-14(13)15/h2-5,12,16,21H,6-11H2,1H3,(H,20,24)(H,22,26)/t16-/m0/s1. The molecular weight excluding hydrogens is 348 g/mol. The van der Waals surface area contributed by atoms with Gasteiger partial charge < -0.3 is 20.4 Å². The van der Waals surface area contributed by atoms with E-state index in [-0.39, 0.29) is 24.7 Å². The summed E-state index contributed by atoms with van der Waals surface area (Å²) in [6.45, 7) is 1.17. The number of fused-ring (bicyclic) bond motifs is 1. The molecule has 3 rings (SSSR count). The minimum absolute atomic E-state index is 0.161. The van der Waals surface area contributed by atoms with Gasteiger partial charge in [0.2, 0.25) is 5.91 Å². The molecule has 27 heavy (non-hydrogen) atoms. The third-order valence-electron chi connectivity index (χ3n) is 4.68. The summed E-state index contributed by atoms with van der Waals surface area (Å²) in [6.07, 6.45) is 2.95. The number of nitrogens with one attached hydrogen (secondary N) is 3. The molecule has 1 aromatic carbocycles. The second kappa shape index (κ2) is 8.68. The number of rotatable bonds is 9. The lowest BCUT2D eigenvalue weighted by Gasteiger charge is -2.12. The van der Waals surface area contributed by atoms with Crippen molar-refractivity contribution in [3.8, 4) is 0 Å². The van der Waals surface area contributed by atoms with Crippen molar-refractivity contribution < 1.29 is 19.1 Å². The monoisotopic (exact) mass is 372 g/mol. The maximum atomic E-state index is 12.5. The van der Waals surface area contributed by atoms with Crippen LogP contribution in [0, 0.1) is 0 Å². The van der Waals surface area contributed by atoms with Gasteiger partial charge in [-0.3, -0.25) is 14.5 Å². The fraction of sp³-hybridized carbons (Fsp3) is 0.421. The topological polar surface area (TPSA) is 104 Å². The minimum atomic E-state index is -0.645. The molecule has 8 nitrogen and oxygen atoms in total. The molecule has 0 saturated carbocycles. The van der Waals surface area contributed by atoms with Crippen LogP contribution in [0.1, 0.15) is 18.4 Å². The number of nitrogens with zero attached hydrogens (tertiary/aromatic N) is 1. The highest BCUT2D eigenvalue weighted by Gasteiger charge is 2.37. The lowest BCUT2D eigenvalue weighted by Crippen LogP contribution is -2.34. The number of imide groups is 1. The summed E-state index contributed by atoms with van der Waals surface area (Å²) in [6, 6.07) is 6.87. The Bertz CT molecular complexity index is 832. The first kappa shape index (κ1) is 18.9. The van der Waals surface area contributed by atoms with E-state index in [1.807, 2.05) is 30.5 Å². The number of H-pyrrole nitrogens is 1. The molecular formula is C19H24N4O4. The van der Waals surface area contributed by atoms with Gasteiger partial charge >= 0.3 is 6.03 Å². The quantitative estimate of drug-likeness (QED) is 0.454. The van der Waals surface area contributed by atoms with Gasteiger partial charge in [0.1, 0.15) is 6.04 Å². The van der Waals surface area contributed by atoms with Gasteiger partial charge in [0.25, 0.3) is 5.91 Å². The molecule has 0 aliphatic carbocycles. The largest absolute Gasteiger partial charge is 0.383 e. The summed E-state index contributed by atoms with van der Waals surface area (Å²) in [7, 11) is 1.56. The van der Waals surface area contributed by atoms with E-state index in [0.29, 0.717) is 26.1 Å². The Morgan fingerprint density at radius 1 is 1.30 bits per heavy atom. The van der Waals surface area contributed by atoms with Crippen molar-refractivity contribution in [1.29, 1.82) is 0 Å². The number of carbonyl (C=O) groups is 3. The van der Waals surface area contributed by atoms with Crippen molar-refractivity contribution >= 4 is 28.7 Å². The molecule has 0 bridgehead atoms. The van der Waals surface area contributed by atoms with Gasteiger partial charge in [-0.15, -0.1) is 0 Å². The van der Waals surface area contributed by atoms with Crippen molar-refractivity contribution in [2.75, 3.05) is 26.8 Å². The van der Waals surface area contributed by atoms with Crippen LogP contribution in [0.5, 0.6) is 0 Å². The Kier molecular flexibility index (Phi) is 6.08. The van der Waals surface area contributed by atoms with Gasteiger partial charge in [0.15, 0.2) is 0 Å². The van der Waals surface area contributed by atoms with Crippen molar-refractivity contribution in [3.05, 3.63) is 36.0 Å². The summed E-state index contributed by atoms with van der Waals surface area (Å²) >= 11 is 0. The number of benzene rings is 1. The van der Waals surface area contributed by atoms with Crippen LogP contribution in [0.15, 0.2) is 30.5 Å². The Hall–Kier alpha value is -2.87. The summed E-state index contributed by atoms with van der Waals surface area (Å²) in [5, 5.41) is 6.46. The van der Waals surface area contributed by atoms with Crippen LogP contribution in [-0.4, -0.2) is 60.6 Å². The number of aromatic nitrogens is 1. The molecule has 1 atom stereocenters. The van der Waals surface area contributed by atoms with Crippen LogP contribution in [0.2, 0.25) is 0 Å². The van der Waals surface area contributed by atoms with E-state index in [2.05, 4.69) is 15.6 Å². The smallest absolute Gasteiger partial charge is 0.324 e. The first-order chi connectivity index (χ1) is 13.1. The van der Waals surface area contributed by atoms with E-state index in [1.54, 1.807) is 7.11 Å². The fourth-order valence-electron chi connectivity index (χ4n) is 3.21. The molecule has 1 fully saturated rings. The highest BCUT2D eigenvalue weighted by atomic mass is 16.5. The zero-order valence-electron chi connectivity index (χ0n) is 15.3. The van der Waals surface area contributed by atoms with Crippen molar-refractivity contribution in [3.63, 3.8) is 0 Å². The number of methoxy groups -OCH3 is 1. The fourth-order valence-corrected chi connectivity index (χ4v) is 3.21. The van der Waals surface area contributed by atoms with E-state index >= 15 is 0 Å². The van der Waals surface area contributed by atoms with Gasteiger partial charge in [0.05, 0.1) is 6.61 Å². The van der Waals surface area contributed by atoms with Crippen LogP contribution in [0.4, 0.5) is 4.79 Å². The van der Waals surface area contributed by atoms with Gasteiger partial charge in [-0.05, 0) is 24.5 Å². The Morgan fingerprint density at radius 2 is 2.11 bits per heavy atom. The number of para-hydroxylation sites is 1. The predicted molar refractivity (Wildman–Crippen MR) is 100 cm³/mol. The number of urea groups is 1. The van der Waals surface area contributed by atoms with E-state index in [4.69, 9.17) is 4.74 Å². The molecule has 2 aromatic rings. The van der Waals surface area contributed by atoms with Gasteiger partial charge in [-0.1, -0.05) is 18.2 Å². The normalized spacial score (nSPS) is 16.8. The number of carbonyl (C=O) groups excluding carboxylic acids is 3. The molecule has 1 aromatic heterocycles. The average molecular weight is 372 g/mol. The zero-order valence-corrected chi connectivity index (χ0v) is 15.3. The van der Waals surface area contributed by atoms with Gasteiger partial charge in [0, 0.05) is 43.7 Å². The van der Waals surface area contributed by atoms with Crippen LogP contribution in [-0.2, 0) is 20.7 Å². The van der Waals surface area contributed by atoms with Crippen LogP contribution in [0.25, 0.3) is 10.9 Å². The molecule has 0 radical (unpaired) electrons. The highest BCUT2D eigenvalue weighted by Crippen LogP contribution is 2.19. The molecule has 1 aliphatic heterocycles. The average Bonchev–Trinajstić information content (AvgIpc) is 3.19. The van der Waals surface area contributed by atoms with Crippen molar-refractivity contribution in [1.82, 2.24) is 20.5 Å². The lowest BCUT2D eigenvalue weighted by molar-refractivity contribution is -0.127. The summed E-state index contributed by atoms with van der Waals surface area (Å²) in [5.41, 5.74) is 2.09. The molecule has 0 spiro atoms. The third kappa shape index (κ3) is 4.46. The van der Waals surface area contributed by atoms with E-state index in [0.717, 1.165) is 16.5 Å². The van der Waals surface area contributed by atoms with Gasteiger partial charge in [-0.25, -0.2) is 4.79 Å². The molecule has 4 amide bonds. The predicted octanol–water partition coefficient (Wildman–Crippen LogP) is 1.17. The number of hydrogen-bond donors (Lipinski definition) is 3. The van der Waals surface area contributed by atoms with E-state index < -0.39 is 12.1 Å². The lowest BCUT2D eigenvalue weighted by atomic mass is 10.1. The number of ether oxygens (including phenoxy) is 1. The molecule has 144 valence electrons. The minimum Gasteiger partial charge on any atom is -0.383 e. The highest BCUT2D eigenvalue weighted by molar-refractivity contribution is 6.04. The van der Waals surface area contributed by atoms with Crippen LogP contribution >= 0.6 is 0 Å². The number of amides is 4. The third-order valence-corrected chi connectivity index (χ3v) is 4.68. The Balaban J connectivity index is 1.51. The molecule has 3 N–H and O–H groups in total. The van der Waals surface area contributed by atoms with Gasteiger partial charge in [-0.2, -0.15) is 0 Å². The van der Waals surface area contributed by atoms with E-state index in [1.165, 1.54) is 4.90 Å². The molecule has 1 aliphatic rings. The Morgan fingerprint density at radius 3 is 2.93 bits per heavy atom. The number of aromatic amines is 1. The molecule has 8 heteroatoms. The zero-order chi connectivity index (χ0) is 19.2. The van der Waals surface area contributed by atoms with Crippen LogP contribution < -0.4 is 10.6 Å². The molecule has 0 unspecified atom stereocenters. The molecule has 2 heterocycles. The summed E-state index contributed by atoms with van der Waals surface area (Å²) in [4.78, 5) is 40.8. The summed E-state index contributed by atoms with van der Waals surface area (Å²) < 4.78 is 4.86. The second-order valence-electron chi connectivity index (χ2n) is 6.48. The SMILES string of the molecule is COCCNC(=O)CC[C@@H]1NC(=O)N(CCc2c[nH]c3ccccc23)C1=O. The number of hydrogen-bond acceptors (Lipinski definition) is 4. The Labute approximate surface area is 157 Å².